The Balaban J connectivity index is 2.42. The van der Waals surface area contributed by atoms with Gasteiger partial charge in [0.25, 0.3) is 0 Å². The second-order valence-electron chi connectivity index (χ2n) is 4.09. The van der Waals surface area contributed by atoms with Crippen LogP contribution in [0.3, 0.4) is 0 Å². The fourth-order valence-corrected chi connectivity index (χ4v) is 2.31. The van der Waals surface area contributed by atoms with E-state index in [1.807, 2.05) is 0 Å². The van der Waals surface area contributed by atoms with Crippen molar-refractivity contribution in [2.45, 2.75) is 11.8 Å². The maximum Gasteiger partial charge on any atom is 0.413 e. The summed E-state index contributed by atoms with van der Waals surface area (Å²) in [6.07, 6.45) is 5.19. The quantitative estimate of drug-likeness (QED) is 0.485. The number of halogens is 2. The van der Waals surface area contributed by atoms with Crippen molar-refractivity contribution < 1.29 is 14.4 Å². The molecule has 0 aliphatic heterocycles. The molecular weight excluding hydrogens is 305 g/mol. The molecule has 1 aliphatic carbocycles. The second kappa shape index (κ2) is 5.83. The minimum Gasteiger partial charge on any atom is -0.421 e. The first-order valence-corrected chi connectivity index (χ1v) is 6.42. The number of hydrogen-bond acceptors (Lipinski definition) is 4. The van der Waals surface area contributed by atoms with Crippen molar-refractivity contribution in [2.75, 3.05) is 7.11 Å². The lowest BCUT2D eigenvalue weighted by molar-refractivity contribution is -0.610. The SMILES string of the molecule is COC1C=CC=CC1(Oc1ccc(Cl)cc1Cl)[N+](=O)[O-]. The zero-order valence-electron chi connectivity index (χ0n) is 10.5. The summed E-state index contributed by atoms with van der Waals surface area (Å²) >= 11 is 11.8. The summed E-state index contributed by atoms with van der Waals surface area (Å²) in [5.41, 5.74) is -1.86. The van der Waals surface area contributed by atoms with Crippen molar-refractivity contribution in [3.63, 3.8) is 0 Å². The monoisotopic (exact) mass is 315 g/mol. The van der Waals surface area contributed by atoms with Crippen LogP contribution >= 0.6 is 23.2 Å². The van der Waals surface area contributed by atoms with Gasteiger partial charge in [0.1, 0.15) is 5.75 Å². The predicted molar refractivity (Wildman–Crippen MR) is 75.9 cm³/mol. The molecule has 0 bridgehead atoms. The smallest absolute Gasteiger partial charge is 0.413 e. The molecule has 2 unspecified atom stereocenters. The van der Waals surface area contributed by atoms with Crippen LogP contribution in [0.25, 0.3) is 0 Å². The number of rotatable bonds is 4. The number of ether oxygens (including phenoxy) is 2. The Bertz CT molecular complexity index is 588. The molecule has 0 radical (unpaired) electrons. The van der Waals surface area contributed by atoms with Gasteiger partial charge < -0.3 is 9.47 Å². The van der Waals surface area contributed by atoms with Gasteiger partial charge in [-0.2, -0.15) is 0 Å². The Labute approximate surface area is 125 Å². The van der Waals surface area contributed by atoms with Crippen molar-refractivity contribution in [3.8, 4) is 5.75 Å². The Morgan fingerprint density at radius 2 is 2.10 bits per heavy atom. The zero-order chi connectivity index (χ0) is 14.8. The van der Waals surface area contributed by atoms with Gasteiger partial charge in [0.2, 0.25) is 0 Å². The predicted octanol–water partition coefficient (Wildman–Crippen LogP) is 3.49. The third kappa shape index (κ3) is 2.65. The van der Waals surface area contributed by atoms with Crippen LogP contribution in [0.2, 0.25) is 10.0 Å². The third-order valence-electron chi connectivity index (χ3n) is 2.85. The average Bonchev–Trinajstić information content (AvgIpc) is 2.42. The van der Waals surface area contributed by atoms with E-state index < -0.39 is 16.8 Å². The summed E-state index contributed by atoms with van der Waals surface area (Å²) in [5, 5.41) is 12.1. The van der Waals surface area contributed by atoms with E-state index in [0.29, 0.717) is 5.02 Å². The van der Waals surface area contributed by atoms with Gasteiger partial charge in [-0.25, -0.2) is 0 Å². The van der Waals surface area contributed by atoms with Crippen LogP contribution in [-0.2, 0) is 4.74 Å². The maximum atomic E-state index is 11.5. The molecule has 1 aromatic rings. The Kier molecular flexibility index (Phi) is 4.32. The van der Waals surface area contributed by atoms with Crippen molar-refractivity contribution in [2.24, 2.45) is 0 Å². The number of benzene rings is 1. The summed E-state index contributed by atoms with van der Waals surface area (Å²) in [6.45, 7) is 0. The standard InChI is InChI=1S/C13H11Cl2NO4/c1-19-12-4-2-3-7-13(12,16(17)18)20-11-6-5-9(14)8-10(11)15/h2-8,12H,1H3. The molecule has 1 aliphatic rings. The Hall–Kier alpha value is -1.56. The summed E-state index contributed by atoms with van der Waals surface area (Å²) in [5.74, 6) is 0.162. The lowest BCUT2D eigenvalue weighted by atomic mass is 10.0. The highest BCUT2D eigenvalue weighted by atomic mass is 35.5. The largest absolute Gasteiger partial charge is 0.421 e. The number of nitrogens with zero attached hydrogens (tertiary/aromatic N) is 1. The highest BCUT2D eigenvalue weighted by Gasteiger charge is 2.52. The zero-order valence-corrected chi connectivity index (χ0v) is 12.0. The molecule has 7 heteroatoms. The van der Waals surface area contributed by atoms with E-state index in [9.17, 15) is 10.1 Å². The third-order valence-corrected chi connectivity index (χ3v) is 3.38. The topological polar surface area (TPSA) is 61.6 Å². The highest BCUT2D eigenvalue weighted by molar-refractivity contribution is 6.35. The lowest BCUT2D eigenvalue weighted by Gasteiger charge is -2.29. The van der Waals surface area contributed by atoms with Gasteiger partial charge >= 0.3 is 5.72 Å². The van der Waals surface area contributed by atoms with Gasteiger partial charge in [-0.05, 0) is 24.3 Å². The number of nitro groups is 1. The minimum atomic E-state index is -1.86. The molecule has 0 saturated heterocycles. The van der Waals surface area contributed by atoms with Crippen LogP contribution in [0.4, 0.5) is 0 Å². The van der Waals surface area contributed by atoms with E-state index in [1.54, 1.807) is 18.2 Å². The van der Waals surface area contributed by atoms with Crippen LogP contribution in [0.1, 0.15) is 0 Å². The van der Waals surface area contributed by atoms with Gasteiger partial charge in [0.05, 0.1) is 9.95 Å². The Morgan fingerprint density at radius 3 is 2.70 bits per heavy atom. The van der Waals surface area contributed by atoms with Crippen molar-refractivity contribution in [1.29, 1.82) is 0 Å². The van der Waals surface area contributed by atoms with Crippen LogP contribution in [0, 0.1) is 10.1 Å². The number of hydrogen-bond donors (Lipinski definition) is 0. The molecule has 1 aromatic carbocycles. The second-order valence-corrected chi connectivity index (χ2v) is 4.93. The summed E-state index contributed by atoms with van der Waals surface area (Å²) in [4.78, 5) is 10.9. The minimum absolute atomic E-state index is 0.162. The van der Waals surface area contributed by atoms with Crippen LogP contribution in [0.5, 0.6) is 5.75 Å². The first-order valence-electron chi connectivity index (χ1n) is 5.67. The maximum absolute atomic E-state index is 11.5. The molecule has 20 heavy (non-hydrogen) atoms. The lowest BCUT2D eigenvalue weighted by Crippen LogP contribution is -2.53. The van der Waals surface area contributed by atoms with Crippen molar-refractivity contribution in [1.82, 2.24) is 0 Å². The van der Waals surface area contributed by atoms with E-state index in [0.717, 1.165) is 0 Å². The fraction of sp³-hybridized carbons (Fsp3) is 0.231. The molecule has 0 N–H and O–H groups in total. The van der Waals surface area contributed by atoms with E-state index in [1.165, 1.54) is 31.4 Å². The highest BCUT2D eigenvalue weighted by Crippen LogP contribution is 2.34. The van der Waals surface area contributed by atoms with E-state index in [2.05, 4.69) is 0 Å². The van der Waals surface area contributed by atoms with E-state index in [4.69, 9.17) is 32.7 Å². The van der Waals surface area contributed by atoms with Crippen molar-refractivity contribution in [3.05, 3.63) is 62.7 Å². The van der Waals surface area contributed by atoms with Crippen LogP contribution in [0.15, 0.2) is 42.5 Å². The van der Waals surface area contributed by atoms with Crippen molar-refractivity contribution >= 4 is 23.2 Å². The summed E-state index contributed by atoms with van der Waals surface area (Å²) in [7, 11) is 1.37. The van der Waals surface area contributed by atoms with Gasteiger partial charge in [-0.15, -0.1) is 0 Å². The van der Waals surface area contributed by atoms with Crippen LogP contribution < -0.4 is 4.74 Å². The van der Waals surface area contributed by atoms with Gasteiger partial charge in [0.15, 0.2) is 6.10 Å². The van der Waals surface area contributed by atoms with Gasteiger partial charge in [-0.3, -0.25) is 10.1 Å². The van der Waals surface area contributed by atoms with Crippen LogP contribution in [-0.4, -0.2) is 23.9 Å². The van der Waals surface area contributed by atoms with E-state index >= 15 is 0 Å². The number of allylic oxidation sites excluding steroid dienone is 2. The average molecular weight is 316 g/mol. The number of methoxy groups -OCH3 is 1. The normalized spacial score (nSPS) is 24.6. The molecule has 2 rings (SSSR count). The van der Waals surface area contributed by atoms with Gasteiger partial charge in [0, 0.05) is 18.2 Å². The summed E-state index contributed by atoms with van der Waals surface area (Å²) in [6, 6.07) is 4.48. The molecule has 0 amide bonds. The molecule has 0 saturated carbocycles. The first-order chi connectivity index (χ1) is 9.49. The fourth-order valence-electron chi connectivity index (χ4n) is 1.87. The molecule has 2 atom stereocenters. The van der Waals surface area contributed by atoms with E-state index in [-0.39, 0.29) is 10.8 Å². The molecule has 0 heterocycles. The first kappa shape index (κ1) is 14.8. The van der Waals surface area contributed by atoms with Gasteiger partial charge in [-0.1, -0.05) is 35.4 Å². The molecule has 106 valence electrons. The molecular formula is C13H11Cl2NO4. The summed E-state index contributed by atoms with van der Waals surface area (Å²) < 4.78 is 10.7. The molecule has 0 spiro atoms. The molecule has 0 aromatic heterocycles. The molecule has 5 nitrogen and oxygen atoms in total. The molecule has 0 fully saturated rings. The Morgan fingerprint density at radius 1 is 1.35 bits per heavy atom.